The number of aromatic nitrogens is 1. The maximum Gasteiger partial charge on any atom is 0.151 e. The lowest BCUT2D eigenvalue weighted by molar-refractivity contribution is 0.298. The average molecular weight is 151 g/mol. The lowest BCUT2D eigenvalue weighted by atomic mass is 10.3. The van der Waals surface area contributed by atoms with Crippen molar-refractivity contribution in [2.24, 2.45) is 0 Å². The fourth-order valence-electron chi connectivity index (χ4n) is 1.16. The zero-order valence-corrected chi connectivity index (χ0v) is 6.00. The second-order valence-corrected chi connectivity index (χ2v) is 2.47. The smallest absolute Gasteiger partial charge is 0.151 e. The van der Waals surface area contributed by atoms with Crippen molar-refractivity contribution < 1.29 is 9.52 Å². The van der Waals surface area contributed by atoms with E-state index in [1.54, 1.807) is 6.26 Å². The molecule has 2 heterocycles. The maximum absolute atomic E-state index is 8.63. The molecule has 3 nitrogen and oxygen atoms in total. The van der Waals surface area contributed by atoms with Gasteiger partial charge in [0.05, 0.1) is 11.8 Å². The summed E-state index contributed by atoms with van der Waals surface area (Å²) in [5.41, 5.74) is 2.86. The third-order valence-corrected chi connectivity index (χ3v) is 1.68. The Hall–Kier alpha value is -1.22. The number of rotatable bonds is 2. The molecule has 0 saturated heterocycles. The molecule has 0 amide bonds. The number of nitrogens with one attached hydrogen (secondary N) is 1. The topological polar surface area (TPSA) is 49.2 Å². The van der Waals surface area contributed by atoms with Gasteiger partial charge < -0.3 is 14.5 Å². The number of aromatic amines is 1. The molecule has 0 fully saturated rings. The molecule has 2 aromatic heterocycles. The Balaban J connectivity index is 2.42. The first-order valence-corrected chi connectivity index (χ1v) is 3.56. The molecule has 2 aromatic rings. The molecule has 0 aliphatic carbocycles. The lowest BCUT2D eigenvalue weighted by Gasteiger charge is -1.88. The number of hydrogen-bond donors (Lipinski definition) is 2. The van der Waals surface area contributed by atoms with Crippen LogP contribution in [0.25, 0.3) is 11.1 Å². The van der Waals surface area contributed by atoms with Crippen molar-refractivity contribution in [3.05, 3.63) is 24.1 Å². The quantitative estimate of drug-likeness (QED) is 0.679. The van der Waals surface area contributed by atoms with E-state index < -0.39 is 0 Å². The van der Waals surface area contributed by atoms with E-state index in [-0.39, 0.29) is 6.61 Å². The van der Waals surface area contributed by atoms with Gasteiger partial charge in [-0.1, -0.05) is 0 Å². The van der Waals surface area contributed by atoms with E-state index >= 15 is 0 Å². The molecule has 0 aromatic carbocycles. The van der Waals surface area contributed by atoms with Crippen molar-refractivity contribution in [3.63, 3.8) is 0 Å². The lowest BCUT2D eigenvalue weighted by Crippen LogP contribution is -1.89. The Morgan fingerprint density at radius 1 is 1.55 bits per heavy atom. The highest BCUT2D eigenvalue weighted by Gasteiger charge is 2.00. The van der Waals surface area contributed by atoms with Crippen LogP contribution in [0, 0.1) is 0 Å². The summed E-state index contributed by atoms with van der Waals surface area (Å²) in [4.78, 5) is 3.12. The average Bonchev–Trinajstić information content (AvgIpc) is 2.46. The van der Waals surface area contributed by atoms with Crippen molar-refractivity contribution in [2.75, 3.05) is 6.61 Å². The number of H-pyrrole nitrogens is 1. The molecule has 0 atom stereocenters. The van der Waals surface area contributed by atoms with Gasteiger partial charge in [0.15, 0.2) is 5.58 Å². The molecule has 0 bridgehead atoms. The second kappa shape index (κ2) is 2.43. The zero-order chi connectivity index (χ0) is 7.68. The van der Waals surface area contributed by atoms with Gasteiger partial charge >= 0.3 is 0 Å². The van der Waals surface area contributed by atoms with Crippen molar-refractivity contribution >= 4 is 11.1 Å². The van der Waals surface area contributed by atoms with Crippen molar-refractivity contribution in [3.8, 4) is 0 Å². The van der Waals surface area contributed by atoms with Gasteiger partial charge in [-0.05, 0) is 0 Å². The summed E-state index contributed by atoms with van der Waals surface area (Å²) in [6.07, 6.45) is 2.30. The first-order chi connectivity index (χ1) is 5.40. The summed E-state index contributed by atoms with van der Waals surface area (Å²) in [5, 5.41) is 8.63. The van der Waals surface area contributed by atoms with E-state index in [2.05, 4.69) is 4.98 Å². The van der Waals surface area contributed by atoms with E-state index in [4.69, 9.17) is 9.52 Å². The van der Waals surface area contributed by atoms with Crippen LogP contribution in [-0.4, -0.2) is 16.7 Å². The Kier molecular flexibility index (Phi) is 1.43. The van der Waals surface area contributed by atoms with Crippen molar-refractivity contribution in [1.29, 1.82) is 0 Å². The highest BCUT2D eigenvalue weighted by molar-refractivity contribution is 5.74. The Morgan fingerprint density at radius 2 is 2.45 bits per heavy atom. The van der Waals surface area contributed by atoms with Crippen LogP contribution in [0.4, 0.5) is 0 Å². The van der Waals surface area contributed by atoms with Crippen LogP contribution in [0.2, 0.25) is 0 Å². The summed E-state index contributed by atoms with van der Waals surface area (Å²) in [6, 6.07) is 3.78. The molecular weight excluding hydrogens is 142 g/mol. The molecule has 0 radical (unpaired) electrons. The van der Waals surface area contributed by atoms with Gasteiger partial charge in [-0.2, -0.15) is 0 Å². The largest absolute Gasteiger partial charge is 0.463 e. The summed E-state index contributed by atoms with van der Waals surface area (Å²) >= 11 is 0. The molecule has 58 valence electrons. The maximum atomic E-state index is 8.63. The molecule has 0 saturated carbocycles. The van der Waals surface area contributed by atoms with Gasteiger partial charge in [0.1, 0.15) is 0 Å². The fraction of sp³-hybridized carbons (Fsp3) is 0.250. The minimum Gasteiger partial charge on any atom is -0.463 e. The van der Waals surface area contributed by atoms with E-state index in [9.17, 15) is 0 Å². The predicted molar refractivity (Wildman–Crippen MR) is 41.4 cm³/mol. The fourth-order valence-corrected chi connectivity index (χ4v) is 1.16. The van der Waals surface area contributed by atoms with Gasteiger partial charge in [0, 0.05) is 30.9 Å². The Morgan fingerprint density at radius 3 is 3.18 bits per heavy atom. The Labute approximate surface area is 63.6 Å². The van der Waals surface area contributed by atoms with E-state index in [1.165, 1.54) is 0 Å². The molecule has 0 aliphatic heterocycles. The molecule has 2 rings (SSSR count). The van der Waals surface area contributed by atoms with E-state index in [1.807, 2.05) is 12.1 Å². The number of aliphatic hydroxyl groups excluding tert-OH is 1. The van der Waals surface area contributed by atoms with Gasteiger partial charge in [-0.15, -0.1) is 0 Å². The molecule has 0 spiro atoms. The van der Waals surface area contributed by atoms with E-state index in [0.717, 1.165) is 16.8 Å². The predicted octanol–water partition coefficient (Wildman–Crippen LogP) is 1.30. The zero-order valence-electron chi connectivity index (χ0n) is 6.00. The number of fused-ring (bicyclic) bond motifs is 1. The van der Waals surface area contributed by atoms with Crippen LogP contribution in [0.1, 0.15) is 5.69 Å². The summed E-state index contributed by atoms with van der Waals surface area (Å²) in [7, 11) is 0. The molecule has 3 heteroatoms. The minimum atomic E-state index is 0.170. The van der Waals surface area contributed by atoms with Crippen LogP contribution in [-0.2, 0) is 6.42 Å². The van der Waals surface area contributed by atoms with Crippen molar-refractivity contribution in [2.45, 2.75) is 6.42 Å². The SMILES string of the molecule is OCCc1cc2occc2[nH]1. The van der Waals surface area contributed by atoms with E-state index in [0.29, 0.717) is 6.42 Å². The van der Waals surface area contributed by atoms with Gasteiger partial charge in [-0.25, -0.2) is 0 Å². The summed E-state index contributed by atoms with van der Waals surface area (Å²) in [6.45, 7) is 0.170. The number of furan rings is 1. The molecule has 11 heavy (non-hydrogen) atoms. The number of hydrogen-bond acceptors (Lipinski definition) is 2. The van der Waals surface area contributed by atoms with Crippen LogP contribution in [0.5, 0.6) is 0 Å². The third kappa shape index (κ3) is 1.03. The number of aliphatic hydroxyl groups is 1. The molecule has 2 N–H and O–H groups in total. The highest BCUT2D eigenvalue weighted by Crippen LogP contribution is 2.15. The van der Waals surface area contributed by atoms with Gasteiger partial charge in [0.25, 0.3) is 0 Å². The van der Waals surface area contributed by atoms with Crippen LogP contribution in [0.3, 0.4) is 0 Å². The summed E-state index contributed by atoms with van der Waals surface area (Å²) < 4.78 is 5.13. The first kappa shape index (κ1) is 6.49. The first-order valence-electron chi connectivity index (χ1n) is 3.56. The van der Waals surface area contributed by atoms with Crippen LogP contribution >= 0.6 is 0 Å². The Bertz CT molecular complexity index is 319. The molecule has 0 unspecified atom stereocenters. The summed E-state index contributed by atoms with van der Waals surface area (Å²) in [5.74, 6) is 0. The third-order valence-electron chi connectivity index (χ3n) is 1.68. The molecular formula is C8H9NO2. The molecule has 0 aliphatic rings. The normalized spacial score (nSPS) is 11.0. The van der Waals surface area contributed by atoms with Gasteiger partial charge in [0.2, 0.25) is 0 Å². The second-order valence-electron chi connectivity index (χ2n) is 2.47. The highest BCUT2D eigenvalue weighted by atomic mass is 16.3. The van der Waals surface area contributed by atoms with Crippen LogP contribution in [0.15, 0.2) is 22.8 Å². The monoisotopic (exact) mass is 151 g/mol. The van der Waals surface area contributed by atoms with Gasteiger partial charge in [-0.3, -0.25) is 0 Å². The van der Waals surface area contributed by atoms with Crippen LogP contribution < -0.4 is 0 Å². The minimum absolute atomic E-state index is 0.170. The standard InChI is InChI=1S/C8H9NO2/c10-3-1-6-5-8-7(9-6)2-4-11-8/h2,4-5,9-10H,1,3H2. The van der Waals surface area contributed by atoms with Crippen molar-refractivity contribution in [1.82, 2.24) is 4.98 Å².